The summed E-state index contributed by atoms with van der Waals surface area (Å²) in [5.74, 6) is 1.57. The Labute approximate surface area is 140 Å². The molecule has 1 aliphatic heterocycles. The summed E-state index contributed by atoms with van der Waals surface area (Å²) in [4.78, 5) is 9.00. The normalized spacial score (nSPS) is 14.4. The summed E-state index contributed by atoms with van der Waals surface area (Å²) in [5, 5.41) is 16.1. The van der Waals surface area contributed by atoms with Gasteiger partial charge in [-0.25, -0.2) is 4.98 Å². The van der Waals surface area contributed by atoms with Crippen LogP contribution in [0.4, 0.5) is 5.82 Å². The van der Waals surface area contributed by atoms with Gasteiger partial charge in [0.15, 0.2) is 0 Å². The van der Waals surface area contributed by atoms with Crippen molar-refractivity contribution in [1.29, 1.82) is 5.26 Å². The molecule has 2 aromatic heterocycles. The van der Waals surface area contributed by atoms with Crippen LogP contribution in [0.1, 0.15) is 40.9 Å². The fraction of sp³-hybridized carbons (Fsp3) is 0.278. The molecular formula is C18H18N6. The SMILES string of the molecule is Cc1c(C#N)cccc1[C@@H](C)Nc1nc2nccn2c2c1CNC2. The molecule has 0 radical (unpaired) electrons. The van der Waals surface area contributed by atoms with Crippen molar-refractivity contribution < 1.29 is 0 Å². The van der Waals surface area contributed by atoms with Gasteiger partial charge in [0, 0.05) is 36.7 Å². The molecule has 6 nitrogen and oxygen atoms in total. The van der Waals surface area contributed by atoms with E-state index in [1.165, 1.54) is 11.3 Å². The van der Waals surface area contributed by atoms with Crippen molar-refractivity contribution in [1.82, 2.24) is 19.7 Å². The van der Waals surface area contributed by atoms with Gasteiger partial charge in [0.1, 0.15) is 5.82 Å². The lowest BCUT2D eigenvalue weighted by Crippen LogP contribution is -2.13. The minimum atomic E-state index is 0.0490. The van der Waals surface area contributed by atoms with Crippen LogP contribution in [0.2, 0.25) is 0 Å². The number of nitrogens with one attached hydrogen (secondary N) is 2. The smallest absolute Gasteiger partial charge is 0.235 e. The predicted octanol–water partition coefficient (Wildman–Crippen LogP) is 2.69. The highest BCUT2D eigenvalue weighted by Gasteiger charge is 2.21. The maximum atomic E-state index is 9.23. The van der Waals surface area contributed by atoms with Gasteiger partial charge in [-0.15, -0.1) is 0 Å². The van der Waals surface area contributed by atoms with E-state index >= 15 is 0 Å². The quantitative estimate of drug-likeness (QED) is 0.776. The number of rotatable bonds is 3. The zero-order chi connectivity index (χ0) is 16.7. The first-order valence-electron chi connectivity index (χ1n) is 8.00. The van der Waals surface area contributed by atoms with Crippen molar-refractivity contribution in [3.63, 3.8) is 0 Å². The summed E-state index contributed by atoms with van der Waals surface area (Å²) >= 11 is 0. The van der Waals surface area contributed by atoms with Crippen LogP contribution >= 0.6 is 0 Å². The van der Waals surface area contributed by atoms with Gasteiger partial charge in [0.2, 0.25) is 5.78 Å². The Morgan fingerprint density at radius 2 is 2.25 bits per heavy atom. The van der Waals surface area contributed by atoms with Crippen LogP contribution in [0.25, 0.3) is 5.78 Å². The van der Waals surface area contributed by atoms with Crippen molar-refractivity contribution in [2.75, 3.05) is 5.32 Å². The van der Waals surface area contributed by atoms with Gasteiger partial charge in [-0.3, -0.25) is 4.40 Å². The number of benzene rings is 1. The summed E-state index contributed by atoms with van der Waals surface area (Å²) in [7, 11) is 0. The number of fused-ring (bicyclic) bond motifs is 3. The molecule has 0 saturated heterocycles. The van der Waals surface area contributed by atoms with E-state index in [2.05, 4.69) is 39.7 Å². The molecule has 0 amide bonds. The van der Waals surface area contributed by atoms with Gasteiger partial charge in [-0.05, 0) is 31.0 Å². The van der Waals surface area contributed by atoms with E-state index in [0.717, 1.165) is 30.0 Å². The molecule has 120 valence electrons. The summed E-state index contributed by atoms with van der Waals surface area (Å²) in [6.45, 7) is 5.69. The lowest BCUT2D eigenvalue weighted by molar-refractivity contribution is 0.752. The second-order valence-corrected chi connectivity index (χ2v) is 6.08. The first-order valence-corrected chi connectivity index (χ1v) is 8.00. The van der Waals surface area contributed by atoms with Crippen LogP contribution in [-0.4, -0.2) is 14.4 Å². The first kappa shape index (κ1) is 14.7. The highest BCUT2D eigenvalue weighted by Crippen LogP contribution is 2.28. The Bertz CT molecular complexity index is 966. The zero-order valence-corrected chi connectivity index (χ0v) is 13.7. The first-order chi connectivity index (χ1) is 11.7. The second kappa shape index (κ2) is 5.62. The summed E-state index contributed by atoms with van der Waals surface area (Å²) in [6, 6.07) is 8.13. The molecule has 3 aromatic rings. The van der Waals surface area contributed by atoms with Crippen LogP contribution in [0.3, 0.4) is 0 Å². The molecule has 4 rings (SSSR count). The predicted molar refractivity (Wildman–Crippen MR) is 91.5 cm³/mol. The molecule has 0 spiro atoms. The third kappa shape index (κ3) is 2.22. The Balaban J connectivity index is 1.74. The van der Waals surface area contributed by atoms with E-state index in [0.29, 0.717) is 11.3 Å². The average molecular weight is 318 g/mol. The van der Waals surface area contributed by atoms with Gasteiger partial charge >= 0.3 is 0 Å². The highest BCUT2D eigenvalue weighted by atomic mass is 15.2. The van der Waals surface area contributed by atoms with Gasteiger partial charge in [0.05, 0.1) is 17.7 Å². The topological polar surface area (TPSA) is 78.0 Å². The fourth-order valence-electron chi connectivity index (χ4n) is 3.37. The van der Waals surface area contributed by atoms with Crippen molar-refractivity contribution in [3.05, 3.63) is 58.5 Å². The number of hydrogen-bond acceptors (Lipinski definition) is 5. The lowest BCUT2D eigenvalue weighted by atomic mass is 9.98. The molecule has 1 aromatic carbocycles. The van der Waals surface area contributed by atoms with Crippen LogP contribution in [0.15, 0.2) is 30.6 Å². The van der Waals surface area contributed by atoms with Gasteiger partial charge < -0.3 is 10.6 Å². The Kier molecular flexibility index (Phi) is 3.44. The van der Waals surface area contributed by atoms with E-state index in [-0.39, 0.29) is 6.04 Å². The Morgan fingerprint density at radius 1 is 1.38 bits per heavy atom. The third-order valence-corrected chi connectivity index (χ3v) is 4.67. The number of anilines is 1. The summed E-state index contributed by atoms with van der Waals surface area (Å²) in [5.41, 5.74) is 5.22. The van der Waals surface area contributed by atoms with E-state index in [1.807, 2.05) is 29.7 Å². The average Bonchev–Trinajstić information content (AvgIpc) is 3.23. The van der Waals surface area contributed by atoms with E-state index in [4.69, 9.17) is 0 Å². The molecule has 24 heavy (non-hydrogen) atoms. The molecule has 0 aliphatic carbocycles. The lowest BCUT2D eigenvalue weighted by Gasteiger charge is -2.20. The van der Waals surface area contributed by atoms with Crippen molar-refractivity contribution in [3.8, 4) is 6.07 Å². The van der Waals surface area contributed by atoms with Gasteiger partial charge in [-0.1, -0.05) is 12.1 Å². The molecule has 0 bridgehead atoms. The summed E-state index contributed by atoms with van der Waals surface area (Å²) in [6.07, 6.45) is 3.72. The third-order valence-electron chi connectivity index (χ3n) is 4.67. The van der Waals surface area contributed by atoms with Crippen molar-refractivity contribution in [2.45, 2.75) is 33.0 Å². The number of aromatic nitrogens is 3. The summed E-state index contributed by atoms with van der Waals surface area (Å²) < 4.78 is 2.03. The molecule has 3 heterocycles. The Morgan fingerprint density at radius 3 is 3.08 bits per heavy atom. The van der Waals surface area contributed by atoms with E-state index < -0.39 is 0 Å². The maximum absolute atomic E-state index is 9.23. The van der Waals surface area contributed by atoms with Gasteiger partial charge in [-0.2, -0.15) is 10.2 Å². The van der Waals surface area contributed by atoms with Crippen LogP contribution in [0.5, 0.6) is 0 Å². The van der Waals surface area contributed by atoms with E-state index in [1.54, 1.807) is 6.20 Å². The van der Waals surface area contributed by atoms with E-state index in [9.17, 15) is 5.26 Å². The fourth-order valence-corrected chi connectivity index (χ4v) is 3.37. The second-order valence-electron chi connectivity index (χ2n) is 6.08. The standard InChI is InChI=1S/C18H18N6/c1-11-13(8-19)4-3-5-14(11)12(2)22-17-15-9-20-10-16(15)24-7-6-21-18(24)23-17/h3-7,12,20H,9-10H2,1-2H3,(H,21,22,23)/t12-/m1/s1. The minimum Gasteiger partial charge on any atom is -0.363 e. The Hall–Kier alpha value is -2.91. The minimum absolute atomic E-state index is 0.0490. The number of hydrogen-bond donors (Lipinski definition) is 2. The molecule has 0 fully saturated rings. The largest absolute Gasteiger partial charge is 0.363 e. The molecule has 0 unspecified atom stereocenters. The van der Waals surface area contributed by atoms with Crippen molar-refractivity contribution >= 4 is 11.6 Å². The zero-order valence-electron chi connectivity index (χ0n) is 13.7. The molecule has 1 aliphatic rings. The maximum Gasteiger partial charge on any atom is 0.235 e. The number of nitriles is 1. The number of nitrogens with zero attached hydrogens (tertiary/aromatic N) is 4. The van der Waals surface area contributed by atoms with Crippen LogP contribution in [-0.2, 0) is 13.1 Å². The molecule has 1 atom stereocenters. The highest BCUT2D eigenvalue weighted by molar-refractivity contribution is 5.56. The number of imidazole rings is 1. The van der Waals surface area contributed by atoms with Gasteiger partial charge in [0.25, 0.3) is 0 Å². The molecule has 2 N–H and O–H groups in total. The molecule has 0 saturated carbocycles. The molecule has 6 heteroatoms. The molecular weight excluding hydrogens is 300 g/mol. The van der Waals surface area contributed by atoms with Crippen molar-refractivity contribution in [2.24, 2.45) is 0 Å². The monoisotopic (exact) mass is 318 g/mol. The van der Waals surface area contributed by atoms with Crippen LogP contribution in [0, 0.1) is 18.3 Å². The van der Waals surface area contributed by atoms with Crippen LogP contribution < -0.4 is 10.6 Å².